The Labute approximate surface area is 117 Å². The number of piperidine rings is 1. The van der Waals surface area contributed by atoms with E-state index in [4.69, 9.17) is 11.0 Å². The number of hydrogen-bond acceptors (Lipinski definition) is 6. The van der Waals surface area contributed by atoms with Crippen LogP contribution < -0.4 is 16.0 Å². The Bertz CT molecular complexity index is 512. The number of nitrogens with two attached hydrogens (primary N) is 1. The molecule has 0 bridgehead atoms. The van der Waals surface area contributed by atoms with Crippen LogP contribution >= 0.6 is 0 Å². The molecule has 0 aliphatic carbocycles. The number of carbonyl (C=O) groups excluding carboxylic acids is 1. The highest BCUT2D eigenvalue weighted by Gasteiger charge is 2.26. The molecule has 1 aliphatic rings. The van der Waals surface area contributed by atoms with Gasteiger partial charge in [0.15, 0.2) is 0 Å². The number of aromatic nitrogens is 2. The predicted octanol–water partition coefficient (Wildman–Crippen LogP) is -0.360. The van der Waals surface area contributed by atoms with Crippen LogP contribution in [-0.2, 0) is 4.79 Å². The summed E-state index contributed by atoms with van der Waals surface area (Å²) >= 11 is 0. The average Bonchev–Trinajstić information content (AvgIpc) is 2.52. The number of anilines is 1. The molecule has 20 heavy (non-hydrogen) atoms. The van der Waals surface area contributed by atoms with Crippen molar-refractivity contribution in [3.05, 3.63) is 18.0 Å². The van der Waals surface area contributed by atoms with Gasteiger partial charge in [0.25, 0.3) is 0 Å². The Morgan fingerprint density at radius 2 is 2.50 bits per heavy atom. The van der Waals surface area contributed by atoms with Crippen molar-refractivity contribution in [3.63, 3.8) is 0 Å². The molecule has 1 aliphatic heterocycles. The van der Waals surface area contributed by atoms with Gasteiger partial charge >= 0.3 is 0 Å². The molecule has 0 radical (unpaired) electrons. The maximum Gasteiger partial charge on any atom is 0.226 e. The van der Waals surface area contributed by atoms with E-state index < -0.39 is 0 Å². The molecule has 1 unspecified atom stereocenters. The number of nitrogens with one attached hydrogen (secondary N) is 1. The zero-order chi connectivity index (χ0) is 14.4. The molecule has 7 nitrogen and oxygen atoms in total. The molecule has 0 spiro atoms. The van der Waals surface area contributed by atoms with Crippen LogP contribution in [-0.4, -0.2) is 42.1 Å². The van der Waals surface area contributed by atoms with Crippen molar-refractivity contribution in [3.8, 4) is 6.07 Å². The number of hydrogen-bond donors (Lipinski definition) is 2. The first-order chi connectivity index (χ1) is 9.74. The van der Waals surface area contributed by atoms with Gasteiger partial charge in [-0.05, 0) is 18.9 Å². The fourth-order valence-electron chi connectivity index (χ4n) is 2.28. The van der Waals surface area contributed by atoms with Gasteiger partial charge in [-0.1, -0.05) is 0 Å². The number of rotatable bonds is 4. The summed E-state index contributed by atoms with van der Waals surface area (Å²) in [6.07, 6.45) is 3.32. The molecule has 2 heterocycles. The molecule has 0 saturated carbocycles. The zero-order valence-corrected chi connectivity index (χ0v) is 11.2. The third kappa shape index (κ3) is 3.42. The second kappa shape index (κ2) is 6.82. The van der Waals surface area contributed by atoms with Crippen molar-refractivity contribution >= 4 is 11.9 Å². The first-order valence-electron chi connectivity index (χ1n) is 6.70. The lowest BCUT2D eigenvalue weighted by molar-refractivity contribution is -0.125. The fourth-order valence-corrected chi connectivity index (χ4v) is 2.28. The first kappa shape index (κ1) is 14.2. The van der Waals surface area contributed by atoms with E-state index in [2.05, 4.69) is 15.3 Å². The van der Waals surface area contributed by atoms with E-state index in [1.54, 1.807) is 12.3 Å². The highest BCUT2D eigenvalue weighted by Crippen LogP contribution is 2.20. The van der Waals surface area contributed by atoms with Crippen LogP contribution in [0.15, 0.2) is 12.3 Å². The van der Waals surface area contributed by atoms with E-state index in [1.807, 2.05) is 11.0 Å². The number of nitriles is 1. The van der Waals surface area contributed by atoms with E-state index >= 15 is 0 Å². The molecule has 1 aromatic rings. The Balaban J connectivity index is 2.03. The van der Waals surface area contributed by atoms with Crippen molar-refractivity contribution in [1.29, 1.82) is 5.26 Å². The lowest BCUT2D eigenvalue weighted by Crippen LogP contribution is -2.44. The minimum atomic E-state index is -0.0790. The van der Waals surface area contributed by atoms with Gasteiger partial charge in [-0.15, -0.1) is 0 Å². The predicted molar refractivity (Wildman–Crippen MR) is 73.7 cm³/mol. The molecular weight excluding hydrogens is 256 g/mol. The molecule has 1 aromatic heterocycles. The smallest absolute Gasteiger partial charge is 0.226 e. The van der Waals surface area contributed by atoms with Crippen LogP contribution in [0.5, 0.6) is 0 Å². The fraction of sp³-hybridized carbons (Fsp3) is 0.538. The highest BCUT2D eigenvalue weighted by molar-refractivity contribution is 5.79. The van der Waals surface area contributed by atoms with Crippen LogP contribution in [0, 0.1) is 17.2 Å². The van der Waals surface area contributed by atoms with E-state index in [9.17, 15) is 4.79 Å². The Morgan fingerprint density at radius 3 is 3.25 bits per heavy atom. The van der Waals surface area contributed by atoms with E-state index in [1.165, 1.54) is 0 Å². The summed E-state index contributed by atoms with van der Waals surface area (Å²) < 4.78 is 0. The van der Waals surface area contributed by atoms with Crippen molar-refractivity contribution in [1.82, 2.24) is 15.3 Å². The summed E-state index contributed by atoms with van der Waals surface area (Å²) in [5.74, 6) is 0.460. The molecule has 1 fully saturated rings. The van der Waals surface area contributed by atoms with E-state index in [-0.39, 0.29) is 11.8 Å². The van der Waals surface area contributed by atoms with Gasteiger partial charge in [-0.2, -0.15) is 5.26 Å². The van der Waals surface area contributed by atoms with Gasteiger partial charge < -0.3 is 16.0 Å². The largest absolute Gasteiger partial charge is 0.355 e. The summed E-state index contributed by atoms with van der Waals surface area (Å²) in [5, 5.41) is 11.7. The molecule has 106 valence electrons. The minimum absolute atomic E-state index is 0.0246. The van der Waals surface area contributed by atoms with Gasteiger partial charge in [0.05, 0.1) is 5.92 Å². The second-order valence-electron chi connectivity index (χ2n) is 4.72. The summed E-state index contributed by atoms with van der Waals surface area (Å²) in [7, 11) is 0. The molecule has 3 N–H and O–H groups in total. The van der Waals surface area contributed by atoms with Gasteiger partial charge in [0.1, 0.15) is 11.8 Å². The van der Waals surface area contributed by atoms with Crippen molar-refractivity contribution in [2.24, 2.45) is 11.7 Å². The highest BCUT2D eigenvalue weighted by atomic mass is 16.1. The third-order valence-electron chi connectivity index (χ3n) is 3.28. The molecular formula is C13H18N6O. The molecule has 1 saturated heterocycles. The van der Waals surface area contributed by atoms with Gasteiger partial charge in [-0.25, -0.2) is 9.97 Å². The summed E-state index contributed by atoms with van der Waals surface area (Å²) in [6, 6.07) is 3.57. The molecule has 1 atom stereocenters. The normalized spacial score (nSPS) is 18.4. The van der Waals surface area contributed by atoms with Crippen LogP contribution in [0.25, 0.3) is 0 Å². The topological polar surface area (TPSA) is 108 Å². The maximum atomic E-state index is 12.0. The van der Waals surface area contributed by atoms with Crippen LogP contribution in [0.4, 0.5) is 5.95 Å². The van der Waals surface area contributed by atoms with Crippen LogP contribution in [0.3, 0.4) is 0 Å². The Morgan fingerprint density at radius 1 is 1.65 bits per heavy atom. The standard InChI is InChI=1S/C13H18N6O/c14-4-6-16-12(20)10-2-1-7-19(9-10)13-17-5-3-11(8-15)18-13/h3,5,10H,1-2,4,6-7,9,14H2,(H,16,20). The summed E-state index contributed by atoms with van der Waals surface area (Å²) in [6.45, 7) is 2.31. The number of carbonyl (C=O) groups is 1. The second-order valence-corrected chi connectivity index (χ2v) is 4.72. The van der Waals surface area contributed by atoms with Crippen molar-refractivity contribution in [2.75, 3.05) is 31.1 Å². The average molecular weight is 274 g/mol. The molecule has 1 amide bonds. The monoisotopic (exact) mass is 274 g/mol. The summed E-state index contributed by atoms with van der Waals surface area (Å²) in [5.41, 5.74) is 5.72. The van der Waals surface area contributed by atoms with E-state index in [0.29, 0.717) is 31.3 Å². The lowest BCUT2D eigenvalue weighted by Gasteiger charge is -2.31. The molecule has 0 aromatic carbocycles. The van der Waals surface area contributed by atoms with Crippen LogP contribution in [0.2, 0.25) is 0 Å². The zero-order valence-electron chi connectivity index (χ0n) is 11.2. The minimum Gasteiger partial charge on any atom is -0.355 e. The Hall–Kier alpha value is -2.20. The SMILES string of the molecule is N#Cc1ccnc(N2CCCC(C(=O)NCCN)C2)n1. The van der Waals surface area contributed by atoms with Gasteiger partial charge in [-0.3, -0.25) is 4.79 Å². The summed E-state index contributed by atoms with van der Waals surface area (Å²) in [4.78, 5) is 22.3. The van der Waals surface area contributed by atoms with E-state index in [0.717, 1.165) is 19.4 Å². The lowest BCUT2D eigenvalue weighted by atomic mass is 9.97. The quantitative estimate of drug-likeness (QED) is 0.776. The number of amides is 1. The van der Waals surface area contributed by atoms with Gasteiger partial charge in [0.2, 0.25) is 11.9 Å². The maximum absolute atomic E-state index is 12.0. The number of nitrogens with zero attached hydrogens (tertiary/aromatic N) is 4. The third-order valence-corrected chi connectivity index (χ3v) is 3.28. The van der Waals surface area contributed by atoms with Gasteiger partial charge in [0, 0.05) is 32.4 Å². The van der Waals surface area contributed by atoms with Crippen molar-refractivity contribution in [2.45, 2.75) is 12.8 Å². The Kier molecular flexibility index (Phi) is 4.85. The van der Waals surface area contributed by atoms with Crippen LogP contribution in [0.1, 0.15) is 18.5 Å². The molecule has 2 rings (SSSR count). The molecule has 7 heteroatoms. The first-order valence-corrected chi connectivity index (χ1v) is 6.70. The van der Waals surface area contributed by atoms with Crippen molar-refractivity contribution < 1.29 is 4.79 Å².